The van der Waals surface area contributed by atoms with Crippen LogP contribution in [0.1, 0.15) is 45.2 Å². The highest BCUT2D eigenvalue weighted by molar-refractivity contribution is 5.93. The highest BCUT2D eigenvalue weighted by Gasteiger charge is 2.27. The molecule has 12 N–H and O–H groups in total. The second-order valence-electron chi connectivity index (χ2n) is 12.7. The Labute approximate surface area is 275 Å². The molecule has 48 heavy (non-hydrogen) atoms. The Morgan fingerprint density at radius 3 is 0.833 bits per heavy atom. The Morgan fingerprint density at radius 1 is 0.333 bits per heavy atom. The van der Waals surface area contributed by atoms with E-state index in [1.165, 1.54) is 0 Å². The molecule has 0 spiro atoms. The van der Waals surface area contributed by atoms with Crippen LogP contribution in [0.15, 0.2) is 122 Å². The van der Waals surface area contributed by atoms with E-state index in [4.69, 9.17) is 22.9 Å². The minimum atomic E-state index is -0.0932. The number of nitrogens with one attached hydrogen (secondary N) is 4. The first-order valence-electron chi connectivity index (χ1n) is 16.0. The Balaban J connectivity index is 1.24. The Morgan fingerprint density at radius 2 is 0.583 bits per heavy atom. The van der Waals surface area contributed by atoms with Crippen molar-refractivity contribution in [2.75, 3.05) is 22.9 Å². The Hall–Kier alpha value is -6.54. The number of H-pyrrole nitrogens is 4. The monoisotopic (exact) mass is 626 g/mol. The van der Waals surface area contributed by atoms with E-state index < -0.39 is 0 Å². The number of aromatic amines is 4. The number of aromatic nitrogens is 4. The van der Waals surface area contributed by atoms with Gasteiger partial charge in [-0.15, -0.1) is 0 Å². The van der Waals surface area contributed by atoms with Gasteiger partial charge in [-0.3, -0.25) is 0 Å². The van der Waals surface area contributed by atoms with Crippen LogP contribution in [-0.2, 0) is 0 Å². The van der Waals surface area contributed by atoms with Crippen molar-refractivity contribution in [1.82, 2.24) is 19.9 Å². The van der Waals surface area contributed by atoms with Crippen LogP contribution in [0.25, 0.3) is 43.6 Å². The van der Waals surface area contributed by atoms with E-state index in [-0.39, 0.29) is 11.8 Å². The van der Waals surface area contributed by atoms with Crippen LogP contribution < -0.4 is 22.9 Å². The van der Waals surface area contributed by atoms with Gasteiger partial charge in [0.05, 0.1) is 0 Å². The van der Waals surface area contributed by atoms with Crippen LogP contribution in [0.4, 0.5) is 22.7 Å². The molecule has 0 unspecified atom stereocenters. The van der Waals surface area contributed by atoms with Crippen LogP contribution in [0, 0.1) is 0 Å². The molecule has 0 aliphatic heterocycles. The zero-order valence-electron chi connectivity index (χ0n) is 26.0. The van der Waals surface area contributed by atoms with E-state index in [0.29, 0.717) is 0 Å². The molecule has 0 fully saturated rings. The summed E-state index contributed by atoms with van der Waals surface area (Å²) in [6, 6.07) is 33.0. The van der Waals surface area contributed by atoms with Crippen LogP contribution >= 0.6 is 0 Å². The van der Waals surface area contributed by atoms with Crippen molar-refractivity contribution in [1.29, 1.82) is 0 Å². The first-order chi connectivity index (χ1) is 23.4. The van der Waals surface area contributed by atoms with Gasteiger partial charge in [-0.1, -0.05) is 24.3 Å². The molecule has 8 nitrogen and oxygen atoms in total. The molecule has 4 heterocycles. The summed E-state index contributed by atoms with van der Waals surface area (Å²) in [4.78, 5) is 13.9. The quantitative estimate of drug-likeness (QED) is 0.0870. The Kier molecular flexibility index (Phi) is 6.07. The van der Waals surface area contributed by atoms with Gasteiger partial charge in [0.2, 0.25) is 0 Å². The van der Waals surface area contributed by atoms with Crippen molar-refractivity contribution in [2.24, 2.45) is 0 Å². The van der Waals surface area contributed by atoms with E-state index in [2.05, 4.69) is 69.0 Å². The summed E-state index contributed by atoms with van der Waals surface area (Å²) >= 11 is 0. The minimum Gasteiger partial charge on any atom is -0.399 e. The number of nitrogen functional groups attached to an aromatic ring is 4. The van der Waals surface area contributed by atoms with Crippen molar-refractivity contribution in [3.8, 4) is 0 Å². The molecule has 0 bridgehead atoms. The fraction of sp³-hybridized carbons (Fsp3) is 0.0500. The third-order valence-corrected chi connectivity index (χ3v) is 9.80. The fourth-order valence-corrected chi connectivity index (χ4v) is 7.53. The van der Waals surface area contributed by atoms with E-state index in [9.17, 15) is 0 Å². The predicted molar refractivity (Wildman–Crippen MR) is 199 cm³/mol. The van der Waals surface area contributed by atoms with Crippen LogP contribution in [-0.4, -0.2) is 19.9 Å². The standard InChI is InChI=1S/C40H34N8/c41-23-5-9-35-27(13-23)31(17-45-35)39(32-18-46-36-10-6-24(42)14-28(32)36)21-1-2-22(4-3-21)40(33-19-47-37-11-7-25(43)15-29(33)37)34-20-48-38-12-8-26(44)16-30(34)38/h1-20,39-40,45-48H,41-44H2. The third kappa shape index (κ3) is 4.38. The number of nitrogens with two attached hydrogens (primary N) is 4. The zero-order chi connectivity index (χ0) is 32.5. The summed E-state index contributed by atoms with van der Waals surface area (Å²) in [7, 11) is 0. The largest absolute Gasteiger partial charge is 0.399 e. The van der Waals surface area contributed by atoms with Gasteiger partial charge in [0.1, 0.15) is 0 Å². The van der Waals surface area contributed by atoms with E-state index >= 15 is 0 Å². The predicted octanol–water partition coefficient (Wildman–Crippen LogP) is 8.30. The van der Waals surface area contributed by atoms with Crippen molar-refractivity contribution < 1.29 is 0 Å². The molecule has 9 rings (SSSR count). The molecule has 0 amide bonds. The number of hydrogen-bond donors (Lipinski definition) is 8. The van der Waals surface area contributed by atoms with Gasteiger partial charge >= 0.3 is 0 Å². The van der Waals surface area contributed by atoms with Crippen LogP contribution in [0.5, 0.6) is 0 Å². The maximum atomic E-state index is 6.31. The van der Waals surface area contributed by atoms with Crippen LogP contribution in [0.2, 0.25) is 0 Å². The first-order valence-corrected chi connectivity index (χ1v) is 16.0. The highest BCUT2D eigenvalue weighted by Crippen LogP contribution is 2.43. The molecule has 234 valence electrons. The lowest BCUT2D eigenvalue weighted by atomic mass is 9.81. The van der Waals surface area contributed by atoms with Crippen molar-refractivity contribution in [2.45, 2.75) is 11.8 Å². The maximum Gasteiger partial charge on any atom is 0.0458 e. The average molecular weight is 627 g/mol. The van der Waals surface area contributed by atoms with Gasteiger partial charge in [-0.05, 0) is 106 Å². The number of benzene rings is 5. The molecular weight excluding hydrogens is 592 g/mol. The normalized spacial score (nSPS) is 12.0. The molecular formula is C40H34N8. The summed E-state index contributed by atoms with van der Waals surface area (Å²) in [6.07, 6.45) is 8.40. The van der Waals surface area contributed by atoms with Crippen LogP contribution in [0.3, 0.4) is 0 Å². The lowest BCUT2D eigenvalue weighted by Crippen LogP contribution is -2.06. The summed E-state index contributed by atoms with van der Waals surface area (Å²) in [5, 5.41) is 4.36. The number of fused-ring (bicyclic) bond motifs is 4. The summed E-state index contributed by atoms with van der Waals surface area (Å²) in [6.45, 7) is 0. The van der Waals surface area contributed by atoms with Gasteiger partial charge in [0.25, 0.3) is 0 Å². The van der Waals surface area contributed by atoms with Crippen molar-refractivity contribution in [3.05, 3.63) is 155 Å². The molecule has 8 heteroatoms. The van der Waals surface area contributed by atoms with E-state index in [1.54, 1.807) is 0 Å². The molecule has 0 radical (unpaired) electrons. The first kappa shape index (κ1) is 27.7. The lowest BCUT2D eigenvalue weighted by Gasteiger charge is -2.21. The summed E-state index contributed by atoms with van der Waals surface area (Å²) in [5.41, 5.74) is 39.1. The van der Waals surface area contributed by atoms with E-state index in [0.717, 1.165) is 99.7 Å². The number of rotatable bonds is 6. The third-order valence-electron chi connectivity index (χ3n) is 9.80. The molecule has 5 aromatic carbocycles. The van der Waals surface area contributed by atoms with Crippen molar-refractivity contribution in [3.63, 3.8) is 0 Å². The van der Waals surface area contributed by atoms with Gasteiger partial charge in [-0.2, -0.15) is 0 Å². The fourth-order valence-electron chi connectivity index (χ4n) is 7.53. The molecule has 9 aromatic rings. The number of anilines is 4. The van der Waals surface area contributed by atoms with Gasteiger partial charge in [0, 0.05) is 103 Å². The number of hydrogen-bond acceptors (Lipinski definition) is 4. The van der Waals surface area contributed by atoms with Crippen molar-refractivity contribution >= 4 is 66.4 Å². The topological polar surface area (TPSA) is 167 Å². The zero-order valence-corrected chi connectivity index (χ0v) is 26.0. The molecule has 0 aliphatic rings. The smallest absolute Gasteiger partial charge is 0.0458 e. The second kappa shape index (κ2) is 10.5. The molecule has 0 saturated heterocycles. The molecule has 0 saturated carbocycles. The molecule has 0 atom stereocenters. The Bertz CT molecular complexity index is 2290. The minimum absolute atomic E-state index is 0.0932. The maximum absolute atomic E-state index is 6.31. The molecule has 4 aromatic heterocycles. The van der Waals surface area contributed by atoms with Gasteiger partial charge in [0.15, 0.2) is 0 Å². The SMILES string of the molecule is Nc1ccc2[nH]cc(C(c3ccc(C(c4c[nH]c5ccc(N)cc45)c4c[nH]c5ccc(N)cc45)cc3)c3c[nH]c4ccc(N)cc34)c2c1. The highest BCUT2D eigenvalue weighted by atomic mass is 14.7. The average Bonchev–Trinajstić information content (AvgIpc) is 3.89. The summed E-state index contributed by atoms with van der Waals surface area (Å²) < 4.78 is 0. The molecule has 0 aliphatic carbocycles. The van der Waals surface area contributed by atoms with E-state index in [1.807, 2.05) is 72.8 Å². The lowest BCUT2D eigenvalue weighted by molar-refractivity contribution is 0.970. The van der Waals surface area contributed by atoms with Gasteiger partial charge < -0.3 is 42.9 Å². The van der Waals surface area contributed by atoms with Gasteiger partial charge in [-0.25, -0.2) is 0 Å². The summed E-state index contributed by atoms with van der Waals surface area (Å²) in [5.74, 6) is -0.186. The second-order valence-corrected chi connectivity index (χ2v) is 12.7.